The van der Waals surface area contributed by atoms with Gasteiger partial charge in [0.2, 0.25) is 5.91 Å². The van der Waals surface area contributed by atoms with E-state index in [0.29, 0.717) is 5.75 Å². The first-order valence-corrected chi connectivity index (χ1v) is 17.5. The third kappa shape index (κ3) is 8.36. The van der Waals surface area contributed by atoms with E-state index < -0.39 is 24.3 Å². The number of likely N-dealkylation sites (tertiary alicyclic amines) is 1. The molecule has 2 aliphatic heterocycles. The highest BCUT2D eigenvalue weighted by molar-refractivity contribution is 7.99. The van der Waals surface area contributed by atoms with Gasteiger partial charge >= 0.3 is 6.09 Å². The van der Waals surface area contributed by atoms with Crippen molar-refractivity contribution >= 4 is 29.7 Å². The second-order valence-electron chi connectivity index (χ2n) is 12.3. The van der Waals surface area contributed by atoms with Gasteiger partial charge in [-0.2, -0.15) is 0 Å². The number of nitrogens with zero attached hydrogens (tertiary/aromatic N) is 1. The van der Waals surface area contributed by atoms with Crippen molar-refractivity contribution in [1.29, 1.82) is 0 Å². The number of ether oxygens (including phenoxy) is 4. The minimum Gasteiger partial charge on any atom is -0.496 e. The molecule has 2 aliphatic rings. The third-order valence-corrected chi connectivity index (χ3v) is 10.1. The van der Waals surface area contributed by atoms with Gasteiger partial charge in [-0.1, -0.05) is 97.9 Å². The third-order valence-electron chi connectivity index (χ3n) is 8.94. The largest absolute Gasteiger partial charge is 0.496 e. The average molecular weight is 697 g/mol. The Morgan fingerprint density at radius 2 is 1.56 bits per heavy atom. The van der Waals surface area contributed by atoms with Crippen LogP contribution in [0.5, 0.6) is 5.75 Å². The van der Waals surface area contributed by atoms with Gasteiger partial charge in [0.05, 0.1) is 38.9 Å². The Morgan fingerprint density at radius 1 is 0.880 bits per heavy atom. The zero-order valence-electron chi connectivity index (χ0n) is 27.9. The van der Waals surface area contributed by atoms with Gasteiger partial charge in [-0.3, -0.25) is 14.5 Å². The van der Waals surface area contributed by atoms with E-state index in [9.17, 15) is 19.5 Å². The van der Waals surface area contributed by atoms with Crippen molar-refractivity contribution in [3.63, 3.8) is 0 Å². The van der Waals surface area contributed by atoms with Gasteiger partial charge < -0.3 is 29.4 Å². The molecule has 50 heavy (non-hydrogen) atoms. The van der Waals surface area contributed by atoms with Crippen LogP contribution in [0.25, 0.3) is 0 Å². The normalized spacial score (nSPS) is 22.0. The number of imide groups is 1. The summed E-state index contributed by atoms with van der Waals surface area (Å²) in [7, 11) is 1.66. The smallest absolute Gasteiger partial charge is 0.408 e. The highest BCUT2D eigenvalue weighted by Crippen LogP contribution is 2.43. The number of para-hydroxylation sites is 1. The number of hydrogen-bond acceptors (Lipinski definition) is 9. The van der Waals surface area contributed by atoms with Gasteiger partial charge in [-0.15, -0.1) is 11.8 Å². The molecule has 2 fully saturated rings. The zero-order chi connectivity index (χ0) is 35.0. The van der Waals surface area contributed by atoms with E-state index in [0.717, 1.165) is 43.4 Å². The summed E-state index contributed by atoms with van der Waals surface area (Å²) >= 11 is 1.67. The first-order valence-electron chi connectivity index (χ1n) is 16.5. The fourth-order valence-corrected chi connectivity index (χ4v) is 7.25. The molecule has 260 valence electrons. The van der Waals surface area contributed by atoms with Crippen molar-refractivity contribution in [3.8, 4) is 5.75 Å². The first-order chi connectivity index (χ1) is 24.3. The van der Waals surface area contributed by atoms with E-state index in [2.05, 4.69) is 12.2 Å². The summed E-state index contributed by atoms with van der Waals surface area (Å²) in [6.45, 7) is 2.21. The van der Waals surface area contributed by atoms with Crippen molar-refractivity contribution in [2.45, 2.75) is 62.5 Å². The fourth-order valence-electron chi connectivity index (χ4n) is 6.05. The zero-order valence-corrected chi connectivity index (χ0v) is 28.7. The molecule has 0 aliphatic carbocycles. The lowest BCUT2D eigenvalue weighted by Gasteiger charge is -2.41. The lowest BCUT2D eigenvalue weighted by Crippen LogP contribution is -2.41. The van der Waals surface area contributed by atoms with Crippen LogP contribution in [-0.2, 0) is 43.6 Å². The van der Waals surface area contributed by atoms with Crippen LogP contribution in [-0.4, -0.2) is 52.9 Å². The summed E-state index contributed by atoms with van der Waals surface area (Å²) in [6.07, 6.45) is -2.00. The Kier molecular flexibility index (Phi) is 11.5. The number of aliphatic hydroxyl groups is 1. The summed E-state index contributed by atoms with van der Waals surface area (Å²) < 4.78 is 24.0. The highest BCUT2D eigenvalue weighted by Gasteiger charge is 2.40. The van der Waals surface area contributed by atoms with Crippen molar-refractivity contribution in [2.75, 3.05) is 12.9 Å². The molecule has 2 N–H and O–H groups in total. The Morgan fingerprint density at radius 3 is 2.28 bits per heavy atom. The second-order valence-corrected chi connectivity index (χ2v) is 13.4. The molecule has 2 saturated heterocycles. The molecular weight excluding hydrogens is 657 g/mol. The maximum atomic E-state index is 13.1. The van der Waals surface area contributed by atoms with Gasteiger partial charge in [-0.25, -0.2) is 4.79 Å². The number of aliphatic hydroxyl groups excluding tert-OH is 1. The van der Waals surface area contributed by atoms with Crippen molar-refractivity contribution in [1.82, 2.24) is 10.2 Å². The van der Waals surface area contributed by atoms with Gasteiger partial charge in [-0.05, 0) is 34.4 Å². The number of methoxy groups -OCH3 is 1. The topological polar surface area (TPSA) is 124 Å². The lowest BCUT2D eigenvalue weighted by molar-refractivity contribution is -0.268. The number of carbonyl (C=O) groups excluding carboxylic acids is 3. The Labute approximate surface area is 295 Å². The highest BCUT2D eigenvalue weighted by atomic mass is 32.2. The summed E-state index contributed by atoms with van der Waals surface area (Å²) in [5, 5.41) is 12.1. The van der Waals surface area contributed by atoms with E-state index in [-0.39, 0.29) is 50.2 Å². The molecule has 5 atom stereocenters. The van der Waals surface area contributed by atoms with Gasteiger partial charge in [0.15, 0.2) is 6.29 Å². The number of alkyl carbamates (subject to hydrolysis) is 1. The van der Waals surface area contributed by atoms with Crippen LogP contribution in [0.1, 0.15) is 53.6 Å². The average Bonchev–Trinajstić information content (AvgIpc) is 3.41. The quantitative estimate of drug-likeness (QED) is 0.129. The van der Waals surface area contributed by atoms with Gasteiger partial charge in [0, 0.05) is 22.1 Å². The molecule has 6 rings (SSSR count). The Bertz CT molecular complexity index is 1770. The van der Waals surface area contributed by atoms with Crippen molar-refractivity contribution in [3.05, 3.63) is 131 Å². The molecule has 4 aromatic carbocycles. The second kappa shape index (κ2) is 16.4. The Balaban J connectivity index is 1.12. The molecule has 0 radical (unpaired) electrons. The molecule has 0 bridgehead atoms. The van der Waals surface area contributed by atoms with E-state index in [1.165, 1.54) is 0 Å². The van der Waals surface area contributed by atoms with Gasteiger partial charge in [0.25, 0.3) is 5.91 Å². The van der Waals surface area contributed by atoms with E-state index in [1.807, 2.05) is 103 Å². The van der Waals surface area contributed by atoms with E-state index in [4.69, 9.17) is 18.9 Å². The lowest BCUT2D eigenvalue weighted by atomic mass is 9.91. The number of amides is 3. The number of rotatable bonds is 12. The molecule has 10 nitrogen and oxygen atoms in total. The fraction of sp³-hybridized carbons (Fsp3) is 0.308. The summed E-state index contributed by atoms with van der Waals surface area (Å²) in [4.78, 5) is 40.4. The van der Waals surface area contributed by atoms with Crippen LogP contribution in [0.3, 0.4) is 0 Å². The maximum absolute atomic E-state index is 13.1. The van der Waals surface area contributed by atoms with E-state index in [1.54, 1.807) is 18.9 Å². The molecule has 11 heteroatoms. The summed E-state index contributed by atoms with van der Waals surface area (Å²) in [5.74, 6) is 0.636. The van der Waals surface area contributed by atoms with Crippen LogP contribution in [0.2, 0.25) is 0 Å². The van der Waals surface area contributed by atoms with Crippen molar-refractivity contribution in [2.24, 2.45) is 5.92 Å². The van der Waals surface area contributed by atoms with Crippen LogP contribution in [0, 0.1) is 5.92 Å². The standard InChI is InChI=1S/C39H40N2O8S/c1-25-33(24-50-34-11-7-6-10-32(34)46-2)48-38(49-36(25)29-16-14-27(22-42)15-17-29)30-18-12-26(13-19-30)21-41-35(43)20-31(37(41)44)40-39(45)47-23-28-8-4-3-5-9-28/h3-19,25,31,33,36,38,42H,20-24H2,1-2H3,(H,40,45)/t25-,31?,33+,36+,38+/m1/s1. The molecule has 0 saturated carbocycles. The Hall–Kier alpha value is -4.68. The monoisotopic (exact) mass is 696 g/mol. The van der Waals surface area contributed by atoms with Crippen LogP contribution >= 0.6 is 11.8 Å². The number of thioether (sulfide) groups is 1. The number of hydrogen-bond donors (Lipinski definition) is 2. The van der Waals surface area contributed by atoms with E-state index >= 15 is 0 Å². The van der Waals surface area contributed by atoms with Crippen LogP contribution < -0.4 is 10.1 Å². The summed E-state index contributed by atoms with van der Waals surface area (Å²) in [5.41, 5.74) is 4.17. The predicted molar refractivity (Wildman–Crippen MR) is 187 cm³/mol. The minimum atomic E-state index is -0.981. The molecular formula is C39H40N2O8S. The maximum Gasteiger partial charge on any atom is 0.408 e. The molecule has 2 heterocycles. The number of carbonyl (C=O) groups is 3. The molecule has 3 amide bonds. The molecule has 0 spiro atoms. The molecule has 1 unspecified atom stereocenters. The van der Waals surface area contributed by atoms with Crippen LogP contribution in [0.15, 0.2) is 108 Å². The molecule has 0 aromatic heterocycles. The molecule has 4 aromatic rings. The number of nitrogens with one attached hydrogen (secondary N) is 1. The SMILES string of the molecule is COc1ccccc1SC[C@@H]1O[C@H](c2ccc(CN3C(=O)CC(NC(=O)OCc4ccccc4)C3=O)cc2)O[C@H](c2ccc(CO)cc2)[C@@H]1C. The predicted octanol–water partition coefficient (Wildman–Crippen LogP) is 6.33. The van der Waals surface area contributed by atoms with Gasteiger partial charge in [0.1, 0.15) is 18.4 Å². The minimum absolute atomic E-state index is 0.0112. The summed E-state index contributed by atoms with van der Waals surface area (Å²) in [6, 6.07) is 31.3. The number of benzene rings is 4. The van der Waals surface area contributed by atoms with Crippen molar-refractivity contribution < 1.29 is 38.4 Å². The van der Waals surface area contributed by atoms with Crippen LogP contribution in [0.4, 0.5) is 4.79 Å². The first kappa shape index (κ1) is 35.2.